The van der Waals surface area contributed by atoms with Gasteiger partial charge in [-0.1, -0.05) is 11.6 Å². The summed E-state index contributed by atoms with van der Waals surface area (Å²) in [4.78, 5) is 2.31. The molecule has 1 atom stereocenters. The van der Waals surface area contributed by atoms with Gasteiger partial charge in [0.05, 0.1) is 9.34 Å². The summed E-state index contributed by atoms with van der Waals surface area (Å²) in [6.07, 6.45) is 3.99. The van der Waals surface area contributed by atoms with Gasteiger partial charge in [-0.25, -0.2) is 0 Å². The van der Waals surface area contributed by atoms with Crippen molar-refractivity contribution in [2.45, 2.75) is 19.3 Å². The molecule has 1 unspecified atom stereocenters. The number of thiophene rings is 1. The van der Waals surface area contributed by atoms with Crippen LogP contribution in [0.1, 0.15) is 19.3 Å². The lowest BCUT2D eigenvalue weighted by Gasteiger charge is -2.25. The minimum absolute atomic E-state index is 0.853. The number of hydrogen-bond donors (Lipinski definition) is 1. The SMILES string of the molecule is CN(CCC1CCCNC1)c1ccc(Cl)s1. The second-order valence-electron chi connectivity index (χ2n) is 4.50. The normalized spacial score (nSPS) is 21.0. The van der Waals surface area contributed by atoms with E-state index < -0.39 is 0 Å². The van der Waals surface area contributed by atoms with Crippen LogP contribution in [0.2, 0.25) is 4.34 Å². The summed E-state index contributed by atoms with van der Waals surface area (Å²) in [5, 5.41) is 4.74. The maximum atomic E-state index is 5.94. The van der Waals surface area contributed by atoms with Gasteiger partial charge in [0.25, 0.3) is 0 Å². The lowest BCUT2D eigenvalue weighted by Crippen LogP contribution is -2.32. The Bertz CT molecular complexity index is 321. The van der Waals surface area contributed by atoms with Gasteiger partial charge in [-0.15, -0.1) is 11.3 Å². The molecule has 0 spiro atoms. The summed E-state index contributed by atoms with van der Waals surface area (Å²) < 4.78 is 0.876. The van der Waals surface area contributed by atoms with Crippen molar-refractivity contribution < 1.29 is 0 Å². The second-order valence-corrected chi connectivity index (χ2v) is 6.19. The summed E-state index contributed by atoms with van der Waals surface area (Å²) in [6, 6.07) is 4.08. The summed E-state index contributed by atoms with van der Waals surface area (Å²) in [6.45, 7) is 3.52. The van der Waals surface area contributed by atoms with E-state index in [0.29, 0.717) is 0 Å². The minimum Gasteiger partial charge on any atom is -0.366 e. The zero-order valence-electron chi connectivity index (χ0n) is 9.71. The lowest BCUT2D eigenvalue weighted by molar-refractivity contribution is 0.360. The van der Waals surface area contributed by atoms with E-state index in [4.69, 9.17) is 11.6 Å². The van der Waals surface area contributed by atoms with Crippen molar-refractivity contribution in [3.05, 3.63) is 16.5 Å². The molecular formula is C12H19ClN2S. The van der Waals surface area contributed by atoms with Crippen molar-refractivity contribution >= 4 is 27.9 Å². The van der Waals surface area contributed by atoms with Crippen molar-refractivity contribution in [1.82, 2.24) is 5.32 Å². The molecule has 2 rings (SSSR count). The highest BCUT2D eigenvalue weighted by atomic mass is 35.5. The highest BCUT2D eigenvalue weighted by Gasteiger charge is 2.14. The standard InChI is InChI=1S/C12H19ClN2S/c1-15(12-5-4-11(13)16-12)8-6-10-3-2-7-14-9-10/h4-5,10,14H,2-3,6-9H2,1H3. The first kappa shape index (κ1) is 12.2. The first-order valence-electron chi connectivity index (χ1n) is 5.93. The van der Waals surface area contributed by atoms with Crippen LogP contribution in [-0.2, 0) is 0 Å². The summed E-state index contributed by atoms with van der Waals surface area (Å²) in [5.41, 5.74) is 0. The fourth-order valence-corrected chi connectivity index (χ4v) is 3.19. The van der Waals surface area contributed by atoms with Crippen LogP contribution in [0.3, 0.4) is 0 Å². The van der Waals surface area contributed by atoms with Crippen LogP contribution in [0.25, 0.3) is 0 Å². The fraction of sp³-hybridized carbons (Fsp3) is 0.667. The third-order valence-corrected chi connectivity index (χ3v) is 4.55. The van der Waals surface area contributed by atoms with Gasteiger partial charge in [0.2, 0.25) is 0 Å². The molecule has 1 fully saturated rings. The minimum atomic E-state index is 0.853. The molecule has 1 aliphatic heterocycles. The van der Waals surface area contributed by atoms with Crippen molar-refractivity contribution in [3.63, 3.8) is 0 Å². The van der Waals surface area contributed by atoms with Crippen LogP contribution in [0.4, 0.5) is 5.00 Å². The van der Waals surface area contributed by atoms with E-state index in [2.05, 4.69) is 23.3 Å². The topological polar surface area (TPSA) is 15.3 Å². The van der Waals surface area contributed by atoms with Gasteiger partial charge in [-0.3, -0.25) is 0 Å². The number of nitrogens with zero attached hydrogens (tertiary/aromatic N) is 1. The number of nitrogens with one attached hydrogen (secondary N) is 1. The van der Waals surface area contributed by atoms with Crippen LogP contribution < -0.4 is 10.2 Å². The van der Waals surface area contributed by atoms with Gasteiger partial charge in [-0.2, -0.15) is 0 Å². The predicted molar refractivity (Wildman–Crippen MR) is 72.8 cm³/mol. The van der Waals surface area contributed by atoms with Gasteiger partial charge in [-0.05, 0) is 50.4 Å². The third kappa shape index (κ3) is 3.37. The van der Waals surface area contributed by atoms with E-state index in [0.717, 1.165) is 16.8 Å². The zero-order chi connectivity index (χ0) is 11.4. The maximum absolute atomic E-state index is 5.94. The van der Waals surface area contributed by atoms with E-state index in [1.165, 1.54) is 37.4 Å². The van der Waals surface area contributed by atoms with E-state index in [-0.39, 0.29) is 0 Å². The average Bonchev–Trinajstić information content (AvgIpc) is 2.74. The summed E-state index contributed by atoms with van der Waals surface area (Å²) in [7, 11) is 2.15. The molecule has 2 nitrogen and oxygen atoms in total. The van der Waals surface area contributed by atoms with E-state index in [1.807, 2.05) is 6.07 Å². The quantitative estimate of drug-likeness (QED) is 0.892. The Balaban J connectivity index is 1.76. The van der Waals surface area contributed by atoms with Gasteiger partial charge in [0.15, 0.2) is 0 Å². The molecule has 90 valence electrons. The Labute approximate surface area is 107 Å². The molecule has 0 radical (unpaired) electrons. The predicted octanol–water partition coefficient (Wildman–Crippen LogP) is 3.23. The smallest absolute Gasteiger partial charge is 0.0950 e. The van der Waals surface area contributed by atoms with Crippen molar-refractivity contribution in [2.75, 3.05) is 31.6 Å². The number of halogens is 1. The largest absolute Gasteiger partial charge is 0.366 e. The Morgan fingerprint density at radius 2 is 2.44 bits per heavy atom. The second kappa shape index (κ2) is 5.89. The molecule has 0 amide bonds. The number of piperidine rings is 1. The third-order valence-electron chi connectivity index (χ3n) is 3.21. The maximum Gasteiger partial charge on any atom is 0.0950 e. The van der Waals surface area contributed by atoms with Crippen LogP contribution >= 0.6 is 22.9 Å². The summed E-state index contributed by atoms with van der Waals surface area (Å²) in [5.74, 6) is 0.853. The number of anilines is 1. The van der Waals surface area contributed by atoms with Crippen LogP contribution in [0.5, 0.6) is 0 Å². The summed E-state index contributed by atoms with van der Waals surface area (Å²) >= 11 is 7.59. The van der Waals surface area contributed by atoms with Gasteiger partial charge < -0.3 is 10.2 Å². The molecule has 16 heavy (non-hydrogen) atoms. The Hall–Kier alpha value is -0.250. The molecule has 0 saturated carbocycles. The molecule has 1 N–H and O–H groups in total. The van der Waals surface area contributed by atoms with Crippen molar-refractivity contribution in [2.24, 2.45) is 5.92 Å². The fourth-order valence-electron chi connectivity index (χ4n) is 2.17. The molecule has 1 aromatic heterocycles. The molecule has 0 bridgehead atoms. The molecule has 4 heteroatoms. The highest BCUT2D eigenvalue weighted by Crippen LogP contribution is 2.29. The van der Waals surface area contributed by atoms with Crippen LogP contribution in [-0.4, -0.2) is 26.7 Å². The average molecular weight is 259 g/mol. The van der Waals surface area contributed by atoms with Gasteiger partial charge >= 0.3 is 0 Å². The van der Waals surface area contributed by atoms with Crippen molar-refractivity contribution in [3.8, 4) is 0 Å². The molecule has 2 heterocycles. The van der Waals surface area contributed by atoms with E-state index in [1.54, 1.807) is 11.3 Å². The molecule has 1 aromatic rings. The molecule has 1 saturated heterocycles. The Kier molecular flexibility index (Phi) is 4.50. The van der Waals surface area contributed by atoms with Gasteiger partial charge in [0, 0.05) is 13.6 Å². The highest BCUT2D eigenvalue weighted by molar-refractivity contribution is 7.19. The van der Waals surface area contributed by atoms with Gasteiger partial charge in [0.1, 0.15) is 0 Å². The monoisotopic (exact) mass is 258 g/mol. The van der Waals surface area contributed by atoms with Crippen molar-refractivity contribution in [1.29, 1.82) is 0 Å². The lowest BCUT2D eigenvalue weighted by atomic mass is 9.96. The van der Waals surface area contributed by atoms with Crippen LogP contribution in [0.15, 0.2) is 12.1 Å². The first-order valence-corrected chi connectivity index (χ1v) is 7.12. The Morgan fingerprint density at radius 1 is 1.56 bits per heavy atom. The van der Waals surface area contributed by atoms with E-state index in [9.17, 15) is 0 Å². The van der Waals surface area contributed by atoms with Crippen LogP contribution in [0, 0.1) is 5.92 Å². The molecule has 0 aromatic carbocycles. The molecule has 1 aliphatic rings. The molecule has 0 aliphatic carbocycles. The Morgan fingerprint density at radius 3 is 3.06 bits per heavy atom. The number of rotatable bonds is 4. The molecular weight excluding hydrogens is 240 g/mol. The van der Waals surface area contributed by atoms with E-state index >= 15 is 0 Å². The zero-order valence-corrected chi connectivity index (χ0v) is 11.3. The first-order chi connectivity index (χ1) is 7.75. The number of hydrogen-bond acceptors (Lipinski definition) is 3.